The van der Waals surface area contributed by atoms with Crippen LogP contribution in [-0.4, -0.2) is 18.1 Å². The standard InChI is InChI=1S/C16H26N2O/c1-3-10-17-13(2)16-9-8-15(11-18-16)19-12-14-6-4-5-7-14/h8-9,11,13-14,17H,3-7,10,12H2,1-2H3. The minimum Gasteiger partial charge on any atom is -0.492 e. The molecule has 1 unspecified atom stereocenters. The number of nitrogens with zero attached hydrogens (tertiary/aromatic N) is 1. The van der Waals surface area contributed by atoms with Crippen LogP contribution in [0.3, 0.4) is 0 Å². The highest BCUT2D eigenvalue weighted by atomic mass is 16.5. The van der Waals surface area contributed by atoms with E-state index in [1.165, 1.54) is 25.7 Å². The third-order valence-electron chi connectivity index (χ3n) is 3.86. The quantitative estimate of drug-likeness (QED) is 0.813. The number of aromatic nitrogens is 1. The minimum absolute atomic E-state index is 0.309. The van der Waals surface area contributed by atoms with E-state index < -0.39 is 0 Å². The largest absolute Gasteiger partial charge is 0.492 e. The normalized spacial score (nSPS) is 17.6. The van der Waals surface area contributed by atoms with Gasteiger partial charge in [0, 0.05) is 6.04 Å². The fraction of sp³-hybridized carbons (Fsp3) is 0.688. The van der Waals surface area contributed by atoms with Gasteiger partial charge in [0.05, 0.1) is 18.5 Å². The molecule has 19 heavy (non-hydrogen) atoms. The smallest absolute Gasteiger partial charge is 0.137 e. The van der Waals surface area contributed by atoms with Gasteiger partial charge in [0.2, 0.25) is 0 Å². The Kier molecular flexibility index (Phi) is 5.64. The lowest BCUT2D eigenvalue weighted by molar-refractivity contribution is 0.251. The zero-order valence-electron chi connectivity index (χ0n) is 12.2. The molecule has 2 rings (SSSR count). The van der Waals surface area contributed by atoms with Crippen LogP contribution in [0, 0.1) is 5.92 Å². The molecule has 0 bridgehead atoms. The van der Waals surface area contributed by atoms with Gasteiger partial charge in [0.25, 0.3) is 0 Å². The van der Waals surface area contributed by atoms with Crippen molar-refractivity contribution >= 4 is 0 Å². The Morgan fingerprint density at radius 3 is 2.79 bits per heavy atom. The van der Waals surface area contributed by atoms with Crippen LogP contribution in [0.15, 0.2) is 18.3 Å². The first kappa shape index (κ1) is 14.3. The molecule has 1 aliphatic rings. The van der Waals surface area contributed by atoms with Gasteiger partial charge in [-0.3, -0.25) is 4.98 Å². The molecule has 0 saturated heterocycles. The zero-order chi connectivity index (χ0) is 13.5. The summed E-state index contributed by atoms with van der Waals surface area (Å²) in [5.74, 6) is 1.66. The van der Waals surface area contributed by atoms with Gasteiger partial charge in [-0.2, -0.15) is 0 Å². The van der Waals surface area contributed by atoms with Crippen LogP contribution in [0.25, 0.3) is 0 Å². The third kappa shape index (κ3) is 4.50. The fourth-order valence-electron chi connectivity index (χ4n) is 2.59. The van der Waals surface area contributed by atoms with Gasteiger partial charge in [-0.15, -0.1) is 0 Å². The molecule has 106 valence electrons. The Labute approximate surface area is 116 Å². The van der Waals surface area contributed by atoms with Crippen molar-refractivity contribution in [1.82, 2.24) is 10.3 Å². The third-order valence-corrected chi connectivity index (χ3v) is 3.86. The van der Waals surface area contributed by atoms with E-state index in [4.69, 9.17) is 4.74 Å². The van der Waals surface area contributed by atoms with Crippen LogP contribution < -0.4 is 10.1 Å². The van der Waals surface area contributed by atoms with Gasteiger partial charge in [0.1, 0.15) is 5.75 Å². The summed E-state index contributed by atoms with van der Waals surface area (Å²) in [6, 6.07) is 4.42. The van der Waals surface area contributed by atoms with Crippen LogP contribution in [0.4, 0.5) is 0 Å². The topological polar surface area (TPSA) is 34.1 Å². The van der Waals surface area contributed by atoms with Crippen LogP contribution in [0.1, 0.15) is 57.7 Å². The van der Waals surface area contributed by atoms with Crippen molar-refractivity contribution in [1.29, 1.82) is 0 Å². The summed E-state index contributed by atoms with van der Waals surface area (Å²) in [7, 11) is 0. The highest BCUT2D eigenvalue weighted by Gasteiger charge is 2.15. The number of ether oxygens (including phenoxy) is 1. The molecule has 1 atom stereocenters. The molecule has 0 spiro atoms. The predicted octanol–water partition coefficient (Wildman–Crippen LogP) is 3.71. The van der Waals surface area contributed by atoms with Crippen molar-refractivity contribution in [2.75, 3.05) is 13.2 Å². The molecule has 0 amide bonds. The van der Waals surface area contributed by atoms with Gasteiger partial charge in [-0.25, -0.2) is 0 Å². The molecule has 3 heteroatoms. The van der Waals surface area contributed by atoms with Crippen LogP contribution in [-0.2, 0) is 0 Å². The average Bonchev–Trinajstić information content (AvgIpc) is 2.96. The van der Waals surface area contributed by atoms with Crippen LogP contribution >= 0.6 is 0 Å². The first-order valence-electron chi connectivity index (χ1n) is 7.61. The van der Waals surface area contributed by atoms with Gasteiger partial charge >= 0.3 is 0 Å². The van der Waals surface area contributed by atoms with E-state index in [9.17, 15) is 0 Å². The monoisotopic (exact) mass is 262 g/mol. The van der Waals surface area contributed by atoms with E-state index in [1.807, 2.05) is 12.3 Å². The second kappa shape index (κ2) is 7.49. The predicted molar refractivity (Wildman–Crippen MR) is 78.4 cm³/mol. The maximum absolute atomic E-state index is 5.82. The Balaban J connectivity index is 1.80. The van der Waals surface area contributed by atoms with Gasteiger partial charge in [0.15, 0.2) is 0 Å². The van der Waals surface area contributed by atoms with Crippen molar-refractivity contribution in [3.05, 3.63) is 24.0 Å². The molecule has 0 radical (unpaired) electrons. The lowest BCUT2D eigenvalue weighted by Gasteiger charge is -2.14. The van der Waals surface area contributed by atoms with E-state index >= 15 is 0 Å². The van der Waals surface area contributed by atoms with Gasteiger partial charge < -0.3 is 10.1 Å². The Bertz CT molecular complexity index is 358. The molecule has 1 heterocycles. The summed E-state index contributed by atoms with van der Waals surface area (Å²) in [4.78, 5) is 4.49. The van der Waals surface area contributed by atoms with Crippen LogP contribution in [0.2, 0.25) is 0 Å². The second-order valence-electron chi connectivity index (χ2n) is 5.56. The molecule has 1 saturated carbocycles. The highest BCUT2D eigenvalue weighted by molar-refractivity contribution is 5.21. The first-order chi connectivity index (χ1) is 9.29. The zero-order valence-corrected chi connectivity index (χ0v) is 12.2. The summed E-state index contributed by atoms with van der Waals surface area (Å²) in [5.41, 5.74) is 1.08. The average molecular weight is 262 g/mol. The molecular formula is C16H26N2O. The maximum Gasteiger partial charge on any atom is 0.137 e. The molecule has 1 N–H and O–H groups in total. The molecular weight excluding hydrogens is 236 g/mol. The first-order valence-corrected chi connectivity index (χ1v) is 7.61. The van der Waals surface area contributed by atoms with Crippen molar-refractivity contribution in [2.24, 2.45) is 5.92 Å². The number of nitrogens with one attached hydrogen (secondary N) is 1. The Hall–Kier alpha value is -1.09. The Morgan fingerprint density at radius 1 is 1.37 bits per heavy atom. The molecule has 1 aromatic heterocycles. The summed E-state index contributed by atoms with van der Waals surface area (Å²) in [6.45, 7) is 6.21. The Morgan fingerprint density at radius 2 is 2.16 bits per heavy atom. The number of pyridine rings is 1. The van der Waals surface area contributed by atoms with Crippen molar-refractivity contribution < 1.29 is 4.74 Å². The molecule has 0 aliphatic heterocycles. The fourth-order valence-corrected chi connectivity index (χ4v) is 2.59. The van der Waals surface area contributed by atoms with Crippen molar-refractivity contribution in [3.63, 3.8) is 0 Å². The maximum atomic E-state index is 5.82. The lowest BCUT2D eigenvalue weighted by atomic mass is 10.1. The number of hydrogen-bond acceptors (Lipinski definition) is 3. The SMILES string of the molecule is CCCNC(C)c1ccc(OCC2CCCC2)cn1. The molecule has 1 aromatic rings. The summed E-state index contributed by atoms with van der Waals surface area (Å²) >= 11 is 0. The minimum atomic E-state index is 0.309. The molecule has 1 aliphatic carbocycles. The van der Waals surface area contributed by atoms with E-state index in [0.717, 1.165) is 36.9 Å². The second-order valence-corrected chi connectivity index (χ2v) is 5.56. The summed E-state index contributed by atoms with van der Waals surface area (Å²) < 4.78 is 5.82. The molecule has 3 nitrogen and oxygen atoms in total. The summed E-state index contributed by atoms with van der Waals surface area (Å²) in [5, 5.41) is 3.44. The van der Waals surface area contributed by atoms with Crippen LogP contribution in [0.5, 0.6) is 5.75 Å². The van der Waals surface area contributed by atoms with Crippen molar-refractivity contribution in [3.8, 4) is 5.75 Å². The van der Waals surface area contributed by atoms with Gasteiger partial charge in [-0.05, 0) is 50.8 Å². The van der Waals surface area contributed by atoms with E-state index in [2.05, 4.69) is 30.2 Å². The molecule has 0 aromatic carbocycles. The number of rotatable bonds is 7. The highest BCUT2D eigenvalue weighted by Crippen LogP contribution is 2.25. The van der Waals surface area contributed by atoms with E-state index in [1.54, 1.807) is 0 Å². The number of hydrogen-bond donors (Lipinski definition) is 1. The summed E-state index contributed by atoms with van der Waals surface area (Å²) in [6.07, 6.45) is 8.38. The van der Waals surface area contributed by atoms with Crippen molar-refractivity contribution in [2.45, 2.75) is 52.0 Å². The lowest BCUT2D eigenvalue weighted by Crippen LogP contribution is -2.20. The van der Waals surface area contributed by atoms with E-state index in [0.29, 0.717) is 6.04 Å². The van der Waals surface area contributed by atoms with E-state index in [-0.39, 0.29) is 0 Å². The molecule has 1 fully saturated rings. The van der Waals surface area contributed by atoms with Gasteiger partial charge in [-0.1, -0.05) is 19.8 Å².